The maximum atomic E-state index is 13.3. The number of rotatable bonds is 3. The zero-order valence-electron chi connectivity index (χ0n) is 11.3. The highest BCUT2D eigenvalue weighted by molar-refractivity contribution is 6.31. The number of aryl methyl sites for hydroxylation is 1. The largest absolute Gasteiger partial charge is 0.381 e. The molecule has 2 aromatic rings. The molecule has 0 unspecified atom stereocenters. The van der Waals surface area contributed by atoms with Gasteiger partial charge in [0, 0.05) is 17.3 Å². The Balaban J connectivity index is 1.80. The molecule has 0 saturated carbocycles. The molecule has 0 aliphatic heterocycles. The summed E-state index contributed by atoms with van der Waals surface area (Å²) in [5, 5.41) is 4.01. The van der Waals surface area contributed by atoms with Crippen molar-refractivity contribution in [3.8, 4) is 0 Å². The van der Waals surface area contributed by atoms with Crippen molar-refractivity contribution in [1.82, 2.24) is 0 Å². The van der Waals surface area contributed by atoms with Crippen molar-refractivity contribution in [3.05, 3.63) is 63.9 Å². The van der Waals surface area contributed by atoms with Gasteiger partial charge in [0.1, 0.15) is 5.82 Å². The average molecular weight is 290 g/mol. The normalized spacial score (nSPS) is 13.9. The van der Waals surface area contributed by atoms with Crippen LogP contribution in [0.4, 0.5) is 10.1 Å². The smallest absolute Gasteiger partial charge is 0.123 e. The topological polar surface area (TPSA) is 12.0 Å². The van der Waals surface area contributed by atoms with E-state index in [1.165, 1.54) is 36.1 Å². The molecule has 1 aliphatic carbocycles. The fourth-order valence-corrected chi connectivity index (χ4v) is 3.00. The van der Waals surface area contributed by atoms with Gasteiger partial charge in [-0.15, -0.1) is 0 Å². The Morgan fingerprint density at radius 1 is 1.10 bits per heavy atom. The summed E-state index contributed by atoms with van der Waals surface area (Å²) in [6, 6.07) is 10.9. The number of hydrogen-bond donors (Lipinski definition) is 1. The first kappa shape index (κ1) is 13.4. The minimum Gasteiger partial charge on any atom is -0.381 e. The van der Waals surface area contributed by atoms with Gasteiger partial charge in [-0.1, -0.05) is 23.7 Å². The second kappa shape index (κ2) is 5.84. The Hall–Kier alpha value is -1.54. The summed E-state index contributed by atoms with van der Waals surface area (Å²) in [6.45, 7) is 0.549. The monoisotopic (exact) mass is 289 g/mol. The van der Waals surface area contributed by atoms with E-state index in [0.29, 0.717) is 11.6 Å². The molecule has 104 valence electrons. The number of halogens is 2. The molecule has 0 radical (unpaired) electrons. The first-order valence-corrected chi connectivity index (χ1v) is 7.40. The molecule has 0 amide bonds. The third-order valence-corrected chi connectivity index (χ3v) is 4.24. The Bertz CT molecular complexity index is 624. The lowest BCUT2D eigenvalue weighted by molar-refractivity contribution is 0.626. The lowest BCUT2D eigenvalue weighted by atomic mass is 9.90. The minimum atomic E-state index is -0.249. The van der Waals surface area contributed by atoms with E-state index < -0.39 is 0 Å². The molecular formula is C17H17ClFN. The summed E-state index contributed by atoms with van der Waals surface area (Å²) < 4.78 is 13.3. The van der Waals surface area contributed by atoms with Crippen LogP contribution in [0.25, 0.3) is 0 Å². The van der Waals surface area contributed by atoms with Crippen LogP contribution in [-0.2, 0) is 19.4 Å². The summed E-state index contributed by atoms with van der Waals surface area (Å²) in [6.07, 6.45) is 4.79. The highest BCUT2D eigenvalue weighted by Crippen LogP contribution is 2.28. The van der Waals surface area contributed by atoms with E-state index in [9.17, 15) is 4.39 Å². The standard InChI is InChI=1S/C17H17ClFN/c18-16-9-8-14(19)10-13(16)11-20-17-7-3-5-12-4-1-2-6-15(12)17/h3,5,7-10,20H,1-2,4,6,11H2. The fourth-order valence-electron chi connectivity index (χ4n) is 2.82. The maximum Gasteiger partial charge on any atom is 0.123 e. The molecule has 0 bridgehead atoms. The predicted molar refractivity (Wildman–Crippen MR) is 81.8 cm³/mol. The van der Waals surface area contributed by atoms with Gasteiger partial charge in [-0.3, -0.25) is 0 Å². The van der Waals surface area contributed by atoms with Gasteiger partial charge < -0.3 is 5.32 Å². The molecule has 0 aromatic heterocycles. The van der Waals surface area contributed by atoms with E-state index >= 15 is 0 Å². The van der Waals surface area contributed by atoms with Gasteiger partial charge >= 0.3 is 0 Å². The van der Waals surface area contributed by atoms with Crippen molar-refractivity contribution in [2.45, 2.75) is 32.2 Å². The molecule has 2 aromatic carbocycles. The third-order valence-electron chi connectivity index (χ3n) is 3.87. The lowest BCUT2D eigenvalue weighted by Crippen LogP contribution is -2.08. The van der Waals surface area contributed by atoms with Crippen LogP contribution in [0.3, 0.4) is 0 Å². The summed E-state index contributed by atoms with van der Waals surface area (Å²) in [7, 11) is 0. The Kier molecular flexibility index (Phi) is 3.93. The molecule has 3 rings (SSSR count). The van der Waals surface area contributed by atoms with Gasteiger partial charge in [-0.05, 0) is 66.6 Å². The van der Waals surface area contributed by atoms with Crippen LogP contribution in [0.5, 0.6) is 0 Å². The van der Waals surface area contributed by atoms with Crippen LogP contribution >= 0.6 is 11.6 Å². The number of fused-ring (bicyclic) bond motifs is 1. The van der Waals surface area contributed by atoms with Crippen LogP contribution in [0.1, 0.15) is 29.5 Å². The molecule has 0 heterocycles. The lowest BCUT2D eigenvalue weighted by Gasteiger charge is -2.20. The van der Waals surface area contributed by atoms with E-state index in [2.05, 4.69) is 23.5 Å². The quantitative estimate of drug-likeness (QED) is 0.841. The number of hydrogen-bond acceptors (Lipinski definition) is 1. The van der Waals surface area contributed by atoms with Gasteiger partial charge in [-0.2, -0.15) is 0 Å². The van der Waals surface area contributed by atoms with Crippen LogP contribution in [0.15, 0.2) is 36.4 Å². The second-order valence-corrected chi connectivity index (χ2v) is 5.65. The Morgan fingerprint density at radius 3 is 2.85 bits per heavy atom. The molecule has 1 N–H and O–H groups in total. The SMILES string of the molecule is Fc1ccc(Cl)c(CNc2cccc3c2CCCC3)c1. The zero-order chi connectivity index (χ0) is 13.9. The number of nitrogens with one attached hydrogen (secondary N) is 1. The summed E-state index contributed by atoms with van der Waals surface area (Å²) in [5.41, 5.74) is 4.79. The molecule has 20 heavy (non-hydrogen) atoms. The Labute approximate surface area is 123 Å². The fraction of sp³-hybridized carbons (Fsp3) is 0.294. The molecular weight excluding hydrogens is 273 g/mol. The maximum absolute atomic E-state index is 13.3. The zero-order valence-corrected chi connectivity index (χ0v) is 12.0. The van der Waals surface area contributed by atoms with Crippen LogP contribution in [-0.4, -0.2) is 0 Å². The molecule has 3 heteroatoms. The first-order valence-electron chi connectivity index (χ1n) is 7.02. The van der Waals surface area contributed by atoms with Gasteiger partial charge in [-0.25, -0.2) is 4.39 Å². The van der Waals surface area contributed by atoms with Crippen molar-refractivity contribution in [3.63, 3.8) is 0 Å². The van der Waals surface area contributed by atoms with E-state index in [1.807, 2.05) is 0 Å². The number of benzene rings is 2. The van der Waals surface area contributed by atoms with E-state index in [0.717, 1.165) is 24.1 Å². The van der Waals surface area contributed by atoms with Crippen LogP contribution < -0.4 is 5.32 Å². The number of anilines is 1. The van der Waals surface area contributed by atoms with Crippen molar-refractivity contribution >= 4 is 17.3 Å². The molecule has 0 spiro atoms. The third kappa shape index (κ3) is 2.80. The van der Waals surface area contributed by atoms with Crippen molar-refractivity contribution < 1.29 is 4.39 Å². The summed E-state index contributed by atoms with van der Waals surface area (Å²) in [5.74, 6) is -0.249. The van der Waals surface area contributed by atoms with E-state index in [1.54, 1.807) is 6.07 Å². The van der Waals surface area contributed by atoms with Crippen molar-refractivity contribution in [1.29, 1.82) is 0 Å². The van der Waals surface area contributed by atoms with Gasteiger partial charge in [0.2, 0.25) is 0 Å². The summed E-state index contributed by atoms with van der Waals surface area (Å²) >= 11 is 6.10. The highest BCUT2D eigenvalue weighted by atomic mass is 35.5. The van der Waals surface area contributed by atoms with Crippen LogP contribution in [0, 0.1) is 5.82 Å². The van der Waals surface area contributed by atoms with Gasteiger partial charge in [0.05, 0.1) is 0 Å². The molecule has 0 atom stereocenters. The van der Waals surface area contributed by atoms with Crippen molar-refractivity contribution in [2.75, 3.05) is 5.32 Å². The molecule has 0 fully saturated rings. The Morgan fingerprint density at radius 2 is 1.95 bits per heavy atom. The predicted octanol–water partition coefficient (Wildman–Crippen LogP) is 4.97. The highest BCUT2D eigenvalue weighted by Gasteiger charge is 2.12. The van der Waals surface area contributed by atoms with E-state index in [-0.39, 0.29) is 5.82 Å². The van der Waals surface area contributed by atoms with E-state index in [4.69, 9.17) is 11.6 Å². The minimum absolute atomic E-state index is 0.249. The van der Waals surface area contributed by atoms with Crippen LogP contribution in [0.2, 0.25) is 5.02 Å². The van der Waals surface area contributed by atoms with Gasteiger partial charge in [0.25, 0.3) is 0 Å². The molecule has 0 saturated heterocycles. The average Bonchev–Trinajstić information content (AvgIpc) is 2.48. The molecule has 1 aliphatic rings. The summed E-state index contributed by atoms with van der Waals surface area (Å²) in [4.78, 5) is 0. The second-order valence-electron chi connectivity index (χ2n) is 5.24. The van der Waals surface area contributed by atoms with Crippen molar-refractivity contribution in [2.24, 2.45) is 0 Å². The molecule has 1 nitrogen and oxygen atoms in total. The first-order chi connectivity index (χ1) is 9.74. The van der Waals surface area contributed by atoms with Gasteiger partial charge in [0.15, 0.2) is 0 Å².